The second-order valence-corrected chi connectivity index (χ2v) is 9.83. The molecular weight excluding hydrogens is 457 g/mol. The number of sulfonamides is 1. The third kappa shape index (κ3) is 6.04. The number of primary sulfonamides is 1. The molecule has 0 bridgehead atoms. The molecule has 10 heteroatoms. The van der Waals surface area contributed by atoms with Crippen molar-refractivity contribution < 1.29 is 22.3 Å². The van der Waals surface area contributed by atoms with Crippen LogP contribution >= 0.6 is 11.6 Å². The van der Waals surface area contributed by atoms with Gasteiger partial charge in [-0.25, -0.2) is 17.9 Å². The molecule has 3 rings (SSSR count). The molecule has 0 saturated carbocycles. The van der Waals surface area contributed by atoms with Crippen LogP contribution in [0.15, 0.2) is 47.4 Å². The molecule has 0 unspecified atom stereocenters. The fourth-order valence-electron chi connectivity index (χ4n) is 3.76. The molecule has 1 aliphatic rings. The first-order valence-corrected chi connectivity index (χ1v) is 11.9. The number of amides is 1. The van der Waals surface area contributed by atoms with E-state index in [1.54, 1.807) is 17.0 Å². The van der Waals surface area contributed by atoms with Crippen molar-refractivity contribution in [1.29, 1.82) is 5.26 Å². The van der Waals surface area contributed by atoms with Crippen molar-refractivity contribution in [1.82, 2.24) is 4.90 Å². The van der Waals surface area contributed by atoms with Gasteiger partial charge in [-0.2, -0.15) is 5.26 Å². The Kier molecular flexibility index (Phi) is 7.51. The van der Waals surface area contributed by atoms with Crippen LogP contribution in [-0.4, -0.2) is 38.9 Å². The number of nitrogens with two attached hydrogens (primary N) is 1. The molecule has 1 saturated heterocycles. The normalized spacial score (nSPS) is 15.9. The van der Waals surface area contributed by atoms with E-state index in [2.05, 4.69) is 6.07 Å². The van der Waals surface area contributed by atoms with E-state index < -0.39 is 15.4 Å². The SMILES string of the molecule is N#CC1(Cc2ccc(F)cc2)CCN(C(=O)COCc2ccc(Cl)cc2S(N)(=O)=O)CC1. The van der Waals surface area contributed by atoms with Crippen LogP contribution < -0.4 is 5.14 Å². The van der Waals surface area contributed by atoms with Crippen molar-refractivity contribution in [2.24, 2.45) is 10.6 Å². The Morgan fingerprint density at radius 3 is 2.47 bits per heavy atom. The summed E-state index contributed by atoms with van der Waals surface area (Å²) in [5.41, 5.74) is 0.583. The summed E-state index contributed by atoms with van der Waals surface area (Å²) in [7, 11) is -3.98. The van der Waals surface area contributed by atoms with Gasteiger partial charge in [-0.3, -0.25) is 4.79 Å². The summed E-state index contributed by atoms with van der Waals surface area (Å²) in [5, 5.41) is 15.2. The van der Waals surface area contributed by atoms with Gasteiger partial charge >= 0.3 is 0 Å². The minimum atomic E-state index is -3.98. The van der Waals surface area contributed by atoms with Gasteiger partial charge in [0, 0.05) is 18.1 Å². The van der Waals surface area contributed by atoms with Crippen LogP contribution in [0.5, 0.6) is 0 Å². The monoisotopic (exact) mass is 479 g/mol. The number of hydrogen-bond donors (Lipinski definition) is 1. The number of hydrogen-bond acceptors (Lipinski definition) is 5. The molecule has 1 aliphatic heterocycles. The van der Waals surface area contributed by atoms with E-state index in [1.165, 1.54) is 30.3 Å². The maximum atomic E-state index is 13.1. The second kappa shape index (κ2) is 9.96. The van der Waals surface area contributed by atoms with E-state index in [9.17, 15) is 22.9 Å². The fourth-order valence-corrected chi connectivity index (χ4v) is 4.78. The van der Waals surface area contributed by atoms with Gasteiger partial charge in [0.05, 0.1) is 23.0 Å². The molecule has 1 fully saturated rings. The highest BCUT2D eigenvalue weighted by Gasteiger charge is 2.36. The van der Waals surface area contributed by atoms with Gasteiger partial charge in [0.1, 0.15) is 12.4 Å². The van der Waals surface area contributed by atoms with E-state index in [4.69, 9.17) is 21.5 Å². The van der Waals surface area contributed by atoms with Crippen molar-refractivity contribution >= 4 is 27.5 Å². The van der Waals surface area contributed by atoms with Gasteiger partial charge in [-0.05, 0) is 54.7 Å². The van der Waals surface area contributed by atoms with Gasteiger partial charge in [0.2, 0.25) is 15.9 Å². The van der Waals surface area contributed by atoms with E-state index in [-0.39, 0.29) is 34.9 Å². The third-order valence-electron chi connectivity index (χ3n) is 5.59. The van der Waals surface area contributed by atoms with Gasteiger partial charge in [-0.15, -0.1) is 0 Å². The molecular formula is C22H23ClFN3O4S. The van der Waals surface area contributed by atoms with Crippen LogP contribution in [0.3, 0.4) is 0 Å². The van der Waals surface area contributed by atoms with Crippen molar-refractivity contribution in [2.45, 2.75) is 30.8 Å². The van der Waals surface area contributed by atoms with Crippen LogP contribution in [0.1, 0.15) is 24.0 Å². The summed E-state index contributed by atoms with van der Waals surface area (Å²) in [6, 6.07) is 12.7. The maximum Gasteiger partial charge on any atom is 0.248 e. The van der Waals surface area contributed by atoms with Crippen molar-refractivity contribution in [3.8, 4) is 6.07 Å². The molecule has 7 nitrogen and oxygen atoms in total. The zero-order valence-electron chi connectivity index (χ0n) is 17.3. The first-order valence-electron chi connectivity index (χ1n) is 9.94. The van der Waals surface area contributed by atoms with Crippen LogP contribution in [0.4, 0.5) is 4.39 Å². The first-order chi connectivity index (χ1) is 15.1. The molecule has 2 N–H and O–H groups in total. The summed E-state index contributed by atoms with van der Waals surface area (Å²) in [6.45, 7) is 0.458. The van der Waals surface area contributed by atoms with Gasteiger partial charge < -0.3 is 9.64 Å². The van der Waals surface area contributed by atoms with Crippen LogP contribution in [0, 0.1) is 22.6 Å². The summed E-state index contributed by atoms with van der Waals surface area (Å²) in [5.74, 6) is -0.570. The maximum absolute atomic E-state index is 13.1. The lowest BCUT2D eigenvalue weighted by molar-refractivity contribution is -0.138. The molecule has 0 radical (unpaired) electrons. The molecule has 1 amide bonds. The number of halogens is 2. The molecule has 32 heavy (non-hydrogen) atoms. The van der Waals surface area contributed by atoms with E-state index in [1.807, 2.05) is 0 Å². The number of benzene rings is 2. The second-order valence-electron chi connectivity index (χ2n) is 7.87. The highest BCUT2D eigenvalue weighted by Crippen LogP contribution is 2.34. The average molecular weight is 480 g/mol. The number of nitriles is 1. The number of carbonyl (C=O) groups is 1. The number of piperidine rings is 1. The predicted octanol–water partition coefficient (Wildman–Crippen LogP) is 3.02. The zero-order chi connectivity index (χ0) is 23.4. The minimum Gasteiger partial charge on any atom is -0.367 e. The first kappa shape index (κ1) is 24.1. The Morgan fingerprint density at radius 1 is 1.22 bits per heavy atom. The quantitative estimate of drug-likeness (QED) is 0.655. The van der Waals surface area contributed by atoms with Crippen molar-refractivity contribution in [3.63, 3.8) is 0 Å². The topological polar surface area (TPSA) is 113 Å². The zero-order valence-corrected chi connectivity index (χ0v) is 18.8. The number of nitrogens with zero attached hydrogens (tertiary/aromatic N) is 2. The highest BCUT2D eigenvalue weighted by atomic mass is 35.5. The predicted molar refractivity (Wildman–Crippen MR) is 116 cm³/mol. The number of ether oxygens (including phenoxy) is 1. The van der Waals surface area contributed by atoms with Crippen molar-refractivity contribution in [3.05, 3.63) is 64.4 Å². The Labute approximate surface area is 191 Å². The standard InChI is InChI=1S/C22H23ClFN3O4S/c23-18-4-3-17(20(11-18)32(26,29)30)13-31-14-21(28)27-9-7-22(15-25,8-10-27)12-16-1-5-19(24)6-2-16/h1-6,11H,7-10,12-14H2,(H2,26,29,30). The number of likely N-dealkylation sites (tertiary alicyclic amines) is 1. The number of rotatable bonds is 7. The smallest absolute Gasteiger partial charge is 0.248 e. The lowest BCUT2D eigenvalue weighted by atomic mass is 9.75. The molecule has 0 aromatic heterocycles. The molecule has 2 aromatic rings. The molecule has 2 aromatic carbocycles. The lowest BCUT2D eigenvalue weighted by Gasteiger charge is -2.37. The summed E-state index contributed by atoms with van der Waals surface area (Å²) in [6.07, 6.45) is 1.49. The summed E-state index contributed by atoms with van der Waals surface area (Å²) >= 11 is 5.84. The Morgan fingerprint density at radius 2 is 1.88 bits per heavy atom. The van der Waals surface area contributed by atoms with Crippen LogP contribution in [-0.2, 0) is 32.6 Å². The lowest BCUT2D eigenvalue weighted by Crippen LogP contribution is -2.44. The third-order valence-corrected chi connectivity index (χ3v) is 6.81. The highest BCUT2D eigenvalue weighted by molar-refractivity contribution is 7.89. The van der Waals surface area contributed by atoms with Gasteiger partial charge in [-0.1, -0.05) is 29.8 Å². The Hall–Kier alpha value is -2.51. The van der Waals surface area contributed by atoms with E-state index >= 15 is 0 Å². The van der Waals surface area contributed by atoms with Gasteiger partial charge in [0.25, 0.3) is 0 Å². The molecule has 0 atom stereocenters. The van der Waals surface area contributed by atoms with E-state index in [0.29, 0.717) is 37.9 Å². The molecule has 1 heterocycles. The Bertz CT molecular complexity index is 1120. The largest absolute Gasteiger partial charge is 0.367 e. The summed E-state index contributed by atoms with van der Waals surface area (Å²) < 4.78 is 42.0. The minimum absolute atomic E-state index is 0.116. The Balaban J connectivity index is 1.54. The van der Waals surface area contributed by atoms with Crippen LogP contribution in [0.2, 0.25) is 5.02 Å². The molecule has 170 valence electrons. The fraction of sp³-hybridized carbons (Fsp3) is 0.364. The van der Waals surface area contributed by atoms with Gasteiger partial charge in [0.15, 0.2) is 0 Å². The summed E-state index contributed by atoms with van der Waals surface area (Å²) in [4.78, 5) is 14.0. The average Bonchev–Trinajstić information content (AvgIpc) is 2.76. The van der Waals surface area contributed by atoms with E-state index in [0.717, 1.165) is 5.56 Å². The van der Waals surface area contributed by atoms with Crippen LogP contribution in [0.25, 0.3) is 0 Å². The molecule has 0 aliphatic carbocycles. The molecule has 0 spiro atoms. The number of carbonyl (C=O) groups excluding carboxylic acids is 1. The van der Waals surface area contributed by atoms with Crippen molar-refractivity contribution in [2.75, 3.05) is 19.7 Å².